The minimum absolute atomic E-state index is 0.0796. The van der Waals surface area contributed by atoms with Crippen LogP contribution < -0.4 is 0 Å². The number of nitrogens with one attached hydrogen (secondary N) is 2. The van der Waals surface area contributed by atoms with Gasteiger partial charge in [0, 0.05) is 5.87 Å². The smallest absolute Gasteiger partial charge is 0.360 e. The summed E-state index contributed by atoms with van der Waals surface area (Å²) in [7, 11) is 0. The normalized spacial score (nSPS) is 11.7. The van der Waals surface area contributed by atoms with Gasteiger partial charge in [-0.3, -0.25) is 5.41 Å². The molecule has 36 heavy (non-hydrogen) atoms. The fourth-order valence-corrected chi connectivity index (χ4v) is 3.28. The van der Waals surface area contributed by atoms with Gasteiger partial charge in [0.05, 0.1) is 19.5 Å². The third kappa shape index (κ3) is 12.2. The van der Waals surface area contributed by atoms with E-state index in [1.54, 1.807) is 0 Å². The zero-order valence-electron chi connectivity index (χ0n) is 21.5. The lowest BCUT2D eigenvalue weighted by molar-refractivity contribution is -0.135. The van der Waals surface area contributed by atoms with Gasteiger partial charge in [0.15, 0.2) is 22.8 Å². The van der Waals surface area contributed by atoms with E-state index in [1.165, 1.54) is 64.0 Å². The SMILES string of the molecule is CCCCCCCCOC(=O)C1=NC=NC1=C=N.CCCCCCCCOC(=O)c1[nH]cnc1C#N. The molecular formula is C26H38N6O4. The number of imidazole rings is 1. The molecule has 0 aromatic carbocycles. The Kier molecular flexibility index (Phi) is 16.7. The van der Waals surface area contributed by atoms with E-state index in [0.717, 1.165) is 25.7 Å². The number of hydrogen-bond donors (Lipinski definition) is 2. The van der Waals surface area contributed by atoms with Crippen LogP contribution in [0.2, 0.25) is 0 Å². The molecule has 1 aromatic rings. The maximum Gasteiger partial charge on any atom is 0.360 e. The zero-order valence-corrected chi connectivity index (χ0v) is 21.5. The maximum absolute atomic E-state index is 11.6. The number of carbonyl (C=O) groups excluding carboxylic acids is 2. The Morgan fingerprint density at radius 2 is 1.47 bits per heavy atom. The lowest BCUT2D eigenvalue weighted by atomic mass is 10.1. The topological polar surface area (TPSA) is 154 Å². The Bertz CT molecular complexity index is 954. The van der Waals surface area contributed by atoms with Crippen molar-refractivity contribution in [2.75, 3.05) is 13.2 Å². The minimum Gasteiger partial charge on any atom is -0.461 e. The lowest BCUT2D eigenvalue weighted by Gasteiger charge is -2.04. The zero-order chi connectivity index (χ0) is 26.4. The molecular weight excluding hydrogens is 460 g/mol. The maximum atomic E-state index is 11.6. The molecule has 10 nitrogen and oxygen atoms in total. The number of esters is 2. The van der Waals surface area contributed by atoms with Crippen LogP contribution in [0.1, 0.15) is 107 Å². The second-order valence-corrected chi connectivity index (χ2v) is 8.24. The summed E-state index contributed by atoms with van der Waals surface area (Å²) in [6, 6.07) is 1.84. The van der Waals surface area contributed by atoms with Gasteiger partial charge in [-0.1, -0.05) is 78.1 Å². The van der Waals surface area contributed by atoms with Crippen LogP contribution in [0.4, 0.5) is 0 Å². The average molecular weight is 499 g/mol. The van der Waals surface area contributed by atoms with Gasteiger partial charge in [-0.15, -0.1) is 0 Å². The summed E-state index contributed by atoms with van der Waals surface area (Å²) in [5, 5.41) is 15.6. The molecule has 0 aliphatic carbocycles. The molecule has 1 aromatic heterocycles. The number of aromatic amines is 1. The summed E-state index contributed by atoms with van der Waals surface area (Å²) in [4.78, 5) is 37.0. The molecule has 2 rings (SSSR count). The molecule has 0 fully saturated rings. The first-order valence-electron chi connectivity index (χ1n) is 12.8. The molecule has 1 aliphatic rings. The Morgan fingerprint density at radius 1 is 0.917 bits per heavy atom. The van der Waals surface area contributed by atoms with Crippen molar-refractivity contribution < 1.29 is 19.1 Å². The number of nitriles is 1. The molecule has 2 heterocycles. The van der Waals surface area contributed by atoms with Crippen molar-refractivity contribution in [2.24, 2.45) is 9.98 Å². The summed E-state index contributed by atoms with van der Waals surface area (Å²) in [5.74, 6) is 1.04. The number of carbonyl (C=O) groups is 2. The van der Waals surface area contributed by atoms with Crippen LogP contribution >= 0.6 is 0 Å². The third-order valence-corrected chi connectivity index (χ3v) is 5.32. The third-order valence-electron chi connectivity index (χ3n) is 5.32. The number of H-pyrrole nitrogens is 1. The van der Waals surface area contributed by atoms with E-state index in [9.17, 15) is 9.59 Å². The van der Waals surface area contributed by atoms with E-state index >= 15 is 0 Å². The highest BCUT2D eigenvalue weighted by molar-refractivity contribution is 6.47. The molecule has 2 N–H and O–H groups in total. The second-order valence-electron chi connectivity index (χ2n) is 8.24. The van der Waals surface area contributed by atoms with Crippen molar-refractivity contribution >= 4 is 29.9 Å². The Balaban J connectivity index is 0.000000360. The number of rotatable bonds is 16. The van der Waals surface area contributed by atoms with Crippen LogP contribution in [0.25, 0.3) is 0 Å². The van der Waals surface area contributed by atoms with Crippen LogP contribution in [0, 0.1) is 16.7 Å². The molecule has 0 bridgehead atoms. The number of aliphatic imine (C=N–C) groups is 2. The highest BCUT2D eigenvalue weighted by atomic mass is 16.5. The molecule has 1 aliphatic heterocycles. The highest BCUT2D eigenvalue weighted by Crippen LogP contribution is 2.08. The monoisotopic (exact) mass is 498 g/mol. The first kappa shape index (κ1) is 30.5. The minimum atomic E-state index is -0.518. The van der Waals surface area contributed by atoms with Crippen LogP contribution in [-0.2, 0) is 14.3 Å². The first-order valence-corrected chi connectivity index (χ1v) is 12.8. The van der Waals surface area contributed by atoms with Crippen molar-refractivity contribution in [3.8, 4) is 6.07 Å². The number of unbranched alkanes of at least 4 members (excludes halogenated alkanes) is 10. The van der Waals surface area contributed by atoms with Gasteiger partial charge in [0.1, 0.15) is 12.4 Å². The van der Waals surface area contributed by atoms with Crippen LogP contribution in [0.15, 0.2) is 22.0 Å². The molecule has 0 saturated heterocycles. The number of hydrogen-bond acceptors (Lipinski definition) is 9. The van der Waals surface area contributed by atoms with Gasteiger partial charge in [-0.2, -0.15) is 5.26 Å². The molecule has 0 atom stereocenters. The molecule has 0 radical (unpaired) electrons. The lowest BCUT2D eigenvalue weighted by Crippen LogP contribution is -2.18. The van der Waals surface area contributed by atoms with Crippen molar-refractivity contribution in [3.63, 3.8) is 0 Å². The summed E-state index contributed by atoms with van der Waals surface area (Å²) in [6.45, 7) is 5.16. The average Bonchev–Trinajstić information content (AvgIpc) is 3.57. The predicted molar refractivity (Wildman–Crippen MR) is 138 cm³/mol. The van der Waals surface area contributed by atoms with Gasteiger partial charge < -0.3 is 14.5 Å². The molecule has 10 heteroatoms. The van der Waals surface area contributed by atoms with Gasteiger partial charge in [0.25, 0.3) is 0 Å². The Morgan fingerprint density at radius 3 is 2.03 bits per heavy atom. The summed E-state index contributed by atoms with van der Waals surface area (Å²) in [5.41, 5.74) is 0.449. The highest BCUT2D eigenvalue weighted by Gasteiger charge is 2.20. The van der Waals surface area contributed by atoms with E-state index in [1.807, 2.05) is 6.07 Å². The van der Waals surface area contributed by atoms with Crippen molar-refractivity contribution in [1.82, 2.24) is 9.97 Å². The van der Waals surface area contributed by atoms with E-state index < -0.39 is 11.9 Å². The molecule has 0 saturated carbocycles. The second kappa shape index (κ2) is 19.7. The predicted octanol–water partition coefficient (Wildman–Crippen LogP) is 5.30. The number of aromatic nitrogens is 2. The quantitative estimate of drug-likeness (QED) is 0.179. The fraction of sp³-hybridized carbons (Fsp3) is 0.615. The standard InChI is InChI=1S/2C13H19N3O2/c2*1-2-3-4-5-6-7-8-18-13(17)12-11(9-14)15-10-16-12/h10H,2-8H2,1H3,(H,15,16);10,14H,2-8H2,1H3. The van der Waals surface area contributed by atoms with E-state index in [0.29, 0.717) is 13.2 Å². The molecule has 196 valence electrons. The van der Waals surface area contributed by atoms with Gasteiger partial charge in [0.2, 0.25) is 0 Å². The van der Waals surface area contributed by atoms with Crippen molar-refractivity contribution in [2.45, 2.75) is 90.9 Å². The van der Waals surface area contributed by atoms with Crippen LogP contribution in [-0.4, -0.2) is 53.0 Å². The summed E-state index contributed by atoms with van der Waals surface area (Å²) in [6.07, 6.45) is 16.3. The summed E-state index contributed by atoms with van der Waals surface area (Å²) >= 11 is 0. The molecule has 0 unspecified atom stereocenters. The molecule has 0 amide bonds. The van der Waals surface area contributed by atoms with E-state index in [2.05, 4.69) is 39.7 Å². The number of ether oxygens (including phenoxy) is 2. The summed E-state index contributed by atoms with van der Waals surface area (Å²) < 4.78 is 10.1. The van der Waals surface area contributed by atoms with E-state index in [-0.39, 0.29) is 22.8 Å². The van der Waals surface area contributed by atoms with Gasteiger partial charge in [-0.05, 0) is 12.8 Å². The Labute approximate surface area is 213 Å². The van der Waals surface area contributed by atoms with Crippen LogP contribution in [0.3, 0.4) is 0 Å². The molecule has 0 spiro atoms. The number of nitrogens with zero attached hydrogens (tertiary/aromatic N) is 4. The van der Waals surface area contributed by atoms with Crippen LogP contribution in [0.5, 0.6) is 0 Å². The van der Waals surface area contributed by atoms with E-state index in [4.69, 9.17) is 20.1 Å². The largest absolute Gasteiger partial charge is 0.461 e. The Hall–Kier alpha value is -3.57. The van der Waals surface area contributed by atoms with Crippen molar-refractivity contribution in [3.05, 3.63) is 23.4 Å². The van der Waals surface area contributed by atoms with Gasteiger partial charge in [-0.25, -0.2) is 24.6 Å². The van der Waals surface area contributed by atoms with Crippen molar-refractivity contribution in [1.29, 1.82) is 10.7 Å². The van der Waals surface area contributed by atoms with Gasteiger partial charge >= 0.3 is 11.9 Å². The fourth-order valence-electron chi connectivity index (χ4n) is 3.28. The first-order chi connectivity index (χ1) is 17.6.